The highest BCUT2D eigenvalue weighted by Crippen LogP contribution is 2.42. The molecular formula is C27H29ClF3N3O3. The fraction of sp³-hybridized carbons (Fsp3) is 0.444. The van der Waals surface area contributed by atoms with E-state index in [2.05, 4.69) is 9.88 Å². The molecule has 0 saturated carbocycles. The molecule has 2 saturated heterocycles. The maximum Gasteiger partial charge on any atom is 0.394 e. The Kier molecular flexibility index (Phi) is 6.89. The molecule has 198 valence electrons. The predicted molar refractivity (Wildman–Crippen MR) is 135 cm³/mol. The van der Waals surface area contributed by atoms with Gasteiger partial charge in [0, 0.05) is 55.4 Å². The summed E-state index contributed by atoms with van der Waals surface area (Å²) in [5, 5.41) is 10.8. The number of nitrogens with one attached hydrogen (secondary N) is 1. The lowest BCUT2D eigenvalue weighted by Gasteiger charge is -2.50. The number of H-pyrrole nitrogens is 1. The first-order valence-electron chi connectivity index (χ1n) is 12.3. The van der Waals surface area contributed by atoms with Gasteiger partial charge in [0.05, 0.1) is 29.1 Å². The van der Waals surface area contributed by atoms with E-state index in [1.165, 1.54) is 0 Å². The van der Waals surface area contributed by atoms with E-state index in [9.17, 15) is 23.1 Å². The van der Waals surface area contributed by atoms with Crippen LogP contribution in [0.1, 0.15) is 45.9 Å². The minimum atomic E-state index is -4.16. The number of benzene rings is 2. The highest BCUT2D eigenvalue weighted by molar-refractivity contribution is 6.36. The molecule has 1 aromatic heterocycles. The molecule has 0 aliphatic carbocycles. The number of hydrogen-bond donors (Lipinski definition) is 2. The third-order valence-corrected chi connectivity index (χ3v) is 8.17. The Morgan fingerprint density at radius 2 is 1.95 bits per heavy atom. The zero-order chi connectivity index (χ0) is 26.5. The third kappa shape index (κ3) is 4.92. The molecule has 0 bridgehead atoms. The number of aromatic amines is 1. The van der Waals surface area contributed by atoms with E-state index >= 15 is 0 Å². The number of aromatic carboxylic acids is 1. The second kappa shape index (κ2) is 9.85. The molecule has 2 aliphatic rings. The second-order valence-electron chi connectivity index (χ2n) is 10.0. The van der Waals surface area contributed by atoms with Gasteiger partial charge in [0.25, 0.3) is 0 Å². The lowest BCUT2D eigenvalue weighted by Crippen LogP contribution is -2.59. The number of hydrogen-bond acceptors (Lipinski definition) is 4. The van der Waals surface area contributed by atoms with Gasteiger partial charge in [0.2, 0.25) is 0 Å². The van der Waals surface area contributed by atoms with Crippen LogP contribution < -0.4 is 4.74 Å². The number of ether oxygens (including phenoxy) is 1. The Balaban J connectivity index is 1.46. The van der Waals surface area contributed by atoms with Crippen LogP contribution in [0.4, 0.5) is 13.2 Å². The van der Waals surface area contributed by atoms with Crippen molar-refractivity contribution in [3.8, 4) is 5.75 Å². The molecule has 6 nitrogen and oxygen atoms in total. The molecule has 2 unspecified atom stereocenters. The molecule has 2 aromatic carbocycles. The average Bonchev–Trinajstić information content (AvgIpc) is 3.21. The van der Waals surface area contributed by atoms with Crippen molar-refractivity contribution in [3.05, 3.63) is 63.8 Å². The van der Waals surface area contributed by atoms with Crippen LogP contribution in [0.25, 0.3) is 10.9 Å². The van der Waals surface area contributed by atoms with Crippen molar-refractivity contribution >= 4 is 28.5 Å². The van der Waals surface area contributed by atoms with Crippen LogP contribution in [-0.2, 0) is 6.54 Å². The average molecular weight is 536 g/mol. The van der Waals surface area contributed by atoms with Gasteiger partial charge in [-0.3, -0.25) is 9.80 Å². The standard InChI is InChI=1S/C27H29ClF3N3O3/c1-15-9-23(37-2)20(24-21(28)11-32-25(15)24)14-33-8-7-19(34-12-18(13-34)27(29,30)31)10-22(33)16-3-5-17(6-4-16)26(35)36/h3-6,9,11,18-19,22,32H,7-8,10,12-14H2,1-2H3,(H,35,36). The van der Waals surface area contributed by atoms with E-state index in [1.54, 1.807) is 25.4 Å². The van der Waals surface area contributed by atoms with Crippen molar-refractivity contribution in [1.29, 1.82) is 0 Å². The van der Waals surface area contributed by atoms with Gasteiger partial charge in [-0.05, 0) is 49.1 Å². The number of carbonyl (C=O) groups is 1. The molecule has 0 amide bonds. The Bertz CT molecular complexity index is 1300. The number of methoxy groups -OCH3 is 1. The van der Waals surface area contributed by atoms with Gasteiger partial charge >= 0.3 is 12.1 Å². The molecule has 0 radical (unpaired) electrons. The molecule has 5 rings (SSSR count). The van der Waals surface area contributed by atoms with Crippen LogP contribution in [0.15, 0.2) is 36.5 Å². The van der Waals surface area contributed by atoms with E-state index in [0.29, 0.717) is 24.5 Å². The largest absolute Gasteiger partial charge is 0.496 e. The first kappa shape index (κ1) is 25.9. The Morgan fingerprint density at radius 1 is 1.24 bits per heavy atom. The summed E-state index contributed by atoms with van der Waals surface area (Å²) in [6.45, 7) is 3.25. The molecular weight excluding hydrogens is 507 g/mol. The Morgan fingerprint density at radius 3 is 2.57 bits per heavy atom. The Hall–Kier alpha value is -2.75. The molecule has 2 aliphatic heterocycles. The zero-order valence-electron chi connectivity index (χ0n) is 20.6. The predicted octanol–water partition coefficient (Wildman–Crippen LogP) is 6.04. The van der Waals surface area contributed by atoms with E-state index in [4.69, 9.17) is 16.3 Å². The van der Waals surface area contributed by atoms with E-state index in [0.717, 1.165) is 39.8 Å². The summed E-state index contributed by atoms with van der Waals surface area (Å²) in [7, 11) is 1.62. The molecule has 2 atom stereocenters. The number of halogens is 4. The van der Waals surface area contributed by atoms with Gasteiger partial charge in [-0.2, -0.15) is 13.2 Å². The molecule has 3 heterocycles. The van der Waals surface area contributed by atoms with Gasteiger partial charge in [-0.15, -0.1) is 0 Å². The number of nitrogens with zero attached hydrogens (tertiary/aromatic N) is 2. The number of carboxylic acid groups (broad SMARTS) is 1. The quantitative estimate of drug-likeness (QED) is 0.403. The fourth-order valence-corrected chi connectivity index (χ4v) is 6.02. The number of alkyl halides is 3. The van der Waals surface area contributed by atoms with E-state index in [-0.39, 0.29) is 30.7 Å². The number of aryl methyl sites for hydroxylation is 1. The highest BCUT2D eigenvalue weighted by atomic mass is 35.5. The summed E-state index contributed by atoms with van der Waals surface area (Å²) in [4.78, 5) is 18.8. The number of fused-ring (bicyclic) bond motifs is 1. The first-order valence-corrected chi connectivity index (χ1v) is 12.7. The van der Waals surface area contributed by atoms with Crippen LogP contribution in [0.3, 0.4) is 0 Å². The first-order chi connectivity index (χ1) is 17.6. The molecule has 37 heavy (non-hydrogen) atoms. The number of piperidine rings is 1. The fourth-order valence-electron chi connectivity index (χ4n) is 5.76. The summed E-state index contributed by atoms with van der Waals surface area (Å²) in [5.74, 6) is -1.54. The zero-order valence-corrected chi connectivity index (χ0v) is 21.4. The lowest BCUT2D eigenvalue weighted by molar-refractivity contribution is -0.216. The second-order valence-corrected chi connectivity index (χ2v) is 10.5. The van der Waals surface area contributed by atoms with Crippen LogP contribution >= 0.6 is 11.6 Å². The summed E-state index contributed by atoms with van der Waals surface area (Å²) in [5.41, 5.74) is 4.03. The van der Waals surface area contributed by atoms with Crippen molar-refractivity contribution in [2.75, 3.05) is 26.7 Å². The monoisotopic (exact) mass is 535 g/mol. The molecule has 2 fully saturated rings. The summed E-state index contributed by atoms with van der Waals surface area (Å²) in [6.07, 6.45) is -1.01. The van der Waals surface area contributed by atoms with E-state index in [1.807, 2.05) is 30.0 Å². The topological polar surface area (TPSA) is 68.8 Å². The molecule has 2 N–H and O–H groups in total. The van der Waals surface area contributed by atoms with E-state index < -0.39 is 18.1 Å². The minimum Gasteiger partial charge on any atom is -0.496 e. The Labute approximate surface area is 218 Å². The normalized spacial score (nSPS) is 21.8. The maximum atomic E-state index is 13.1. The molecule has 0 spiro atoms. The van der Waals surface area contributed by atoms with Crippen LogP contribution in [0, 0.1) is 12.8 Å². The third-order valence-electron chi connectivity index (χ3n) is 7.87. The van der Waals surface area contributed by atoms with Crippen LogP contribution in [0.5, 0.6) is 5.75 Å². The van der Waals surface area contributed by atoms with Crippen molar-refractivity contribution in [2.45, 2.75) is 44.6 Å². The number of likely N-dealkylation sites (tertiary alicyclic amines) is 2. The summed E-state index contributed by atoms with van der Waals surface area (Å²) < 4.78 is 45.1. The number of rotatable bonds is 6. The van der Waals surface area contributed by atoms with Crippen LogP contribution in [-0.4, -0.2) is 64.8 Å². The smallest absolute Gasteiger partial charge is 0.394 e. The van der Waals surface area contributed by atoms with Gasteiger partial charge in [-0.1, -0.05) is 23.7 Å². The summed E-state index contributed by atoms with van der Waals surface area (Å²) in [6, 6.07) is 8.67. The number of aromatic nitrogens is 1. The lowest BCUT2D eigenvalue weighted by atomic mass is 9.86. The van der Waals surface area contributed by atoms with Crippen molar-refractivity contribution in [1.82, 2.24) is 14.8 Å². The van der Waals surface area contributed by atoms with Gasteiger partial charge in [-0.25, -0.2) is 4.79 Å². The van der Waals surface area contributed by atoms with Gasteiger partial charge in [0.1, 0.15) is 5.75 Å². The number of carboxylic acids is 1. The van der Waals surface area contributed by atoms with Crippen molar-refractivity contribution in [2.24, 2.45) is 5.92 Å². The summed E-state index contributed by atoms with van der Waals surface area (Å²) >= 11 is 6.58. The van der Waals surface area contributed by atoms with Crippen molar-refractivity contribution < 1.29 is 27.8 Å². The SMILES string of the molecule is COc1cc(C)c2[nH]cc(Cl)c2c1CN1CCC(N2CC(C(F)(F)F)C2)CC1c1ccc(C(=O)O)cc1. The molecule has 3 aromatic rings. The molecule has 10 heteroatoms. The van der Waals surface area contributed by atoms with Crippen LogP contribution in [0.2, 0.25) is 5.02 Å². The minimum absolute atomic E-state index is 0.0229. The van der Waals surface area contributed by atoms with Crippen molar-refractivity contribution in [3.63, 3.8) is 0 Å². The maximum absolute atomic E-state index is 13.1. The van der Waals surface area contributed by atoms with Gasteiger partial charge in [0.15, 0.2) is 0 Å². The van der Waals surface area contributed by atoms with Gasteiger partial charge < -0.3 is 14.8 Å². The highest BCUT2D eigenvalue weighted by Gasteiger charge is 2.49.